The van der Waals surface area contributed by atoms with Crippen molar-refractivity contribution in [2.45, 2.75) is 58.5 Å². The summed E-state index contributed by atoms with van der Waals surface area (Å²) in [5, 5.41) is 9.62. The first kappa shape index (κ1) is 14.2. The predicted octanol–water partition coefficient (Wildman–Crippen LogP) is 3.41. The Hall–Kier alpha value is -0.890. The normalized spacial score (nSPS) is 21.3. The monoisotopic (exact) mass is 236 g/mol. The molecular weight excluding hydrogens is 212 g/mol. The summed E-state index contributed by atoms with van der Waals surface area (Å²) in [6, 6.07) is 0. The molecule has 1 aliphatic carbocycles. The van der Waals surface area contributed by atoms with Crippen molar-refractivity contribution in [3.63, 3.8) is 0 Å². The van der Waals surface area contributed by atoms with Gasteiger partial charge in [-0.15, -0.1) is 0 Å². The lowest BCUT2D eigenvalue weighted by Crippen LogP contribution is -2.19. The highest BCUT2D eigenvalue weighted by Gasteiger charge is 2.21. The molecule has 1 rings (SSSR count). The minimum atomic E-state index is -0.598. The minimum Gasteiger partial charge on any atom is -0.390 e. The lowest BCUT2D eigenvalue weighted by atomic mass is 9.82. The van der Waals surface area contributed by atoms with Gasteiger partial charge >= 0.3 is 0 Å². The molecule has 0 aromatic carbocycles. The van der Waals surface area contributed by atoms with Crippen molar-refractivity contribution in [2.24, 2.45) is 5.92 Å². The molecule has 0 spiro atoms. The Morgan fingerprint density at radius 3 is 2.76 bits per heavy atom. The van der Waals surface area contributed by atoms with E-state index in [2.05, 4.69) is 6.58 Å². The molecule has 1 N–H and O–H groups in total. The molecule has 0 aliphatic heterocycles. The van der Waals surface area contributed by atoms with Crippen LogP contribution in [0.25, 0.3) is 0 Å². The highest BCUT2D eigenvalue weighted by atomic mass is 16.3. The van der Waals surface area contributed by atoms with E-state index in [4.69, 9.17) is 0 Å². The summed E-state index contributed by atoms with van der Waals surface area (Å²) in [5.74, 6) is 0.567. The standard InChI is InChI=1S/C15H24O2/c1-11(6-5-9-15(3,4)17)13-8-7-12(2)14(16)10-13/h7,13,17H,1,5-6,8-10H2,2-4H3/t13-/m1/s1. The van der Waals surface area contributed by atoms with Crippen molar-refractivity contribution in [1.29, 1.82) is 0 Å². The van der Waals surface area contributed by atoms with Crippen molar-refractivity contribution in [3.05, 3.63) is 23.8 Å². The van der Waals surface area contributed by atoms with Crippen LogP contribution >= 0.6 is 0 Å². The van der Waals surface area contributed by atoms with Crippen LogP contribution in [0.1, 0.15) is 52.9 Å². The van der Waals surface area contributed by atoms with Crippen molar-refractivity contribution in [3.8, 4) is 0 Å². The summed E-state index contributed by atoms with van der Waals surface area (Å²) >= 11 is 0. The van der Waals surface area contributed by atoms with E-state index in [-0.39, 0.29) is 5.78 Å². The van der Waals surface area contributed by atoms with E-state index >= 15 is 0 Å². The molecule has 0 saturated carbocycles. The quantitative estimate of drug-likeness (QED) is 0.743. The Balaban J connectivity index is 2.37. The van der Waals surface area contributed by atoms with Gasteiger partial charge in [0.2, 0.25) is 0 Å². The van der Waals surface area contributed by atoms with Gasteiger partial charge in [-0.05, 0) is 57.9 Å². The molecule has 2 heteroatoms. The highest BCUT2D eigenvalue weighted by molar-refractivity contribution is 5.95. The molecule has 0 unspecified atom stereocenters. The van der Waals surface area contributed by atoms with E-state index in [0.717, 1.165) is 36.8 Å². The van der Waals surface area contributed by atoms with Gasteiger partial charge in [0.05, 0.1) is 5.60 Å². The third-order valence-corrected chi connectivity index (χ3v) is 3.44. The fraction of sp³-hybridized carbons (Fsp3) is 0.667. The van der Waals surface area contributed by atoms with Crippen LogP contribution in [0.15, 0.2) is 23.8 Å². The maximum atomic E-state index is 11.6. The molecule has 0 saturated heterocycles. The third-order valence-electron chi connectivity index (χ3n) is 3.44. The molecule has 1 atom stereocenters. The Bertz CT molecular complexity index is 331. The number of hydrogen-bond donors (Lipinski definition) is 1. The maximum Gasteiger partial charge on any atom is 0.158 e. The number of carbonyl (C=O) groups is 1. The first-order valence-corrected chi connectivity index (χ1v) is 6.39. The van der Waals surface area contributed by atoms with E-state index < -0.39 is 5.60 Å². The summed E-state index contributed by atoms with van der Waals surface area (Å²) in [6.07, 6.45) is 6.21. The topological polar surface area (TPSA) is 37.3 Å². The SMILES string of the molecule is C=C(CCCC(C)(C)O)[C@@H]1CC=C(C)C(=O)C1. The van der Waals surface area contributed by atoms with E-state index in [0.29, 0.717) is 12.3 Å². The molecule has 0 radical (unpaired) electrons. The van der Waals surface area contributed by atoms with Gasteiger partial charge in [0, 0.05) is 6.42 Å². The molecule has 0 amide bonds. The zero-order chi connectivity index (χ0) is 13.1. The molecule has 0 bridgehead atoms. The van der Waals surface area contributed by atoms with E-state index in [1.807, 2.05) is 26.8 Å². The van der Waals surface area contributed by atoms with Crippen LogP contribution < -0.4 is 0 Å². The fourth-order valence-corrected chi connectivity index (χ4v) is 2.16. The molecule has 0 heterocycles. The van der Waals surface area contributed by atoms with Gasteiger partial charge in [-0.2, -0.15) is 0 Å². The van der Waals surface area contributed by atoms with Crippen molar-refractivity contribution < 1.29 is 9.90 Å². The summed E-state index contributed by atoms with van der Waals surface area (Å²) in [6.45, 7) is 9.63. The van der Waals surface area contributed by atoms with Crippen LogP contribution in [0, 0.1) is 5.92 Å². The number of Topliss-reactive ketones (excluding diaryl/α,β-unsaturated/α-hetero) is 1. The summed E-state index contributed by atoms with van der Waals surface area (Å²) in [4.78, 5) is 11.6. The summed E-state index contributed by atoms with van der Waals surface area (Å²) < 4.78 is 0. The molecule has 0 aromatic heterocycles. The third kappa shape index (κ3) is 4.86. The zero-order valence-corrected chi connectivity index (χ0v) is 11.3. The van der Waals surface area contributed by atoms with Crippen LogP contribution in [0.4, 0.5) is 0 Å². The second-order valence-electron chi connectivity index (χ2n) is 5.77. The lowest BCUT2D eigenvalue weighted by Gasteiger charge is -2.23. The number of carbonyl (C=O) groups excluding carboxylic acids is 1. The Kier molecular flexibility index (Phi) is 4.70. The van der Waals surface area contributed by atoms with Gasteiger partial charge in [0.15, 0.2) is 5.78 Å². The molecular formula is C15H24O2. The van der Waals surface area contributed by atoms with Crippen molar-refractivity contribution in [1.82, 2.24) is 0 Å². The van der Waals surface area contributed by atoms with Crippen LogP contribution in [0.3, 0.4) is 0 Å². The van der Waals surface area contributed by atoms with Gasteiger partial charge < -0.3 is 5.11 Å². The Morgan fingerprint density at radius 2 is 2.24 bits per heavy atom. The van der Waals surface area contributed by atoms with Crippen LogP contribution in [0.5, 0.6) is 0 Å². The van der Waals surface area contributed by atoms with Gasteiger partial charge in [-0.1, -0.05) is 18.2 Å². The summed E-state index contributed by atoms with van der Waals surface area (Å²) in [7, 11) is 0. The number of ketones is 1. The molecule has 2 nitrogen and oxygen atoms in total. The number of aliphatic hydroxyl groups is 1. The van der Waals surface area contributed by atoms with Crippen LogP contribution in [-0.4, -0.2) is 16.5 Å². The Labute approximate surface area is 104 Å². The first-order chi connectivity index (χ1) is 7.79. The molecule has 0 aromatic rings. The second kappa shape index (κ2) is 5.63. The van der Waals surface area contributed by atoms with Gasteiger partial charge in [-0.25, -0.2) is 0 Å². The van der Waals surface area contributed by atoms with E-state index in [1.165, 1.54) is 0 Å². The minimum absolute atomic E-state index is 0.255. The van der Waals surface area contributed by atoms with Crippen molar-refractivity contribution >= 4 is 5.78 Å². The first-order valence-electron chi connectivity index (χ1n) is 6.39. The Morgan fingerprint density at radius 1 is 1.59 bits per heavy atom. The average molecular weight is 236 g/mol. The highest BCUT2D eigenvalue weighted by Crippen LogP contribution is 2.29. The molecule has 1 aliphatic rings. The maximum absolute atomic E-state index is 11.6. The number of hydrogen-bond acceptors (Lipinski definition) is 2. The average Bonchev–Trinajstić information content (AvgIpc) is 2.20. The van der Waals surface area contributed by atoms with Gasteiger partial charge in [0.25, 0.3) is 0 Å². The van der Waals surface area contributed by atoms with Gasteiger partial charge in [-0.3, -0.25) is 4.79 Å². The zero-order valence-electron chi connectivity index (χ0n) is 11.3. The molecule has 0 fully saturated rings. The number of allylic oxidation sites excluding steroid dienone is 3. The van der Waals surface area contributed by atoms with E-state index in [1.54, 1.807) is 0 Å². The van der Waals surface area contributed by atoms with Crippen LogP contribution in [-0.2, 0) is 4.79 Å². The molecule has 17 heavy (non-hydrogen) atoms. The lowest BCUT2D eigenvalue weighted by molar-refractivity contribution is -0.116. The van der Waals surface area contributed by atoms with Crippen LogP contribution in [0.2, 0.25) is 0 Å². The largest absolute Gasteiger partial charge is 0.390 e. The smallest absolute Gasteiger partial charge is 0.158 e. The molecule has 96 valence electrons. The predicted molar refractivity (Wildman–Crippen MR) is 70.8 cm³/mol. The van der Waals surface area contributed by atoms with Crippen molar-refractivity contribution in [2.75, 3.05) is 0 Å². The van der Waals surface area contributed by atoms with Gasteiger partial charge in [0.1, 0.15) is 0 Å². The fourth-order valence-electron chi connectivity index (χ4n) is 2.16. The second-order valence-corrected chi connectivity index (χ2v) is 5.77. The van der Waals surface area contributed by atoms with E-state index in [9.17, 15) is 9.90 Å². The number of rotatable bonds is 5. The summed E-state index contributed by atoms with van der Waals surface area (Å²) in [5.41, 5.74) is 1.45.